The molecule has 2 amide bonds. The molecule has 1 saturated heterocycles. The van der Waals surface area contributed by atoms with E-state index in [1.54, 1.807) is 24.8 Å². The number of carboxylic acids is 1. The van der Waals surface area contributed by atoms with E-state index in [4.69, 9.17) is 27.9 Å². The molecule has 35 heavy (non-hydrogen) atoms. The van der Waals surface area contributed by atoms with E-state index in [1.807, 2.05) is 30.3 Å². The number of hydrogen-bond donors (Lipinski definition) is 4. The summed E-state index contributed by atoms with van der Waals surface area (Å²) in [6.45, 7) is 4.57. The van der Waals surface area contributed by atoms with Crippen molar-refractivity contribution >= 4 is 35.2 Å². The molecule has 2 aromatic rings. The van der Waals surface area contributed by atoms with Crippen molar-refractivity contribution < 1.29 is 19.5 Å². The van der Waals surface area contributed by atoms with E-state index in [0.717, 1.165) is 5.56 Å². The second-order valence-corrected chi connectivity index (χ2v) is 9.89. The number of piperidine rings is 1. The highest BCUT2D eigenvalue weighted by Crippen LogP contribution is 2.37. The van der Waals surface area contributed by atoms with Crippen molar-refractivity contribution in [2.45, 2.75) is 39.2 Å². The van der Waals surface area contributed by atoms with Gasteiger partial charge in [0.15, 0.2) is 0 Å². The topological polar surface area (TPSA) is 137 Å². The Hall–Kier alpha value is -3.39. The standard InChI is InChI=1S/C26H31ClN4O4/c1-26(2,25(35)31-12-10-16(11-13-31)14-21(32)33)22(17-6-4-3-5-7-17)30-24(34)19-9-8-18(23(28)29)15-20(19)27/h3-9,15-16,22H,10-14H2,1-2H3,(H3,28,29)(H,30,34)(H,32,33). The lowest BCUT2D eigenvalue weighted by atomic mass is 9.78. The first kappa shape index (κ1) is 26.2. The molecular formula is C26H31ClN4O4. The molecule has 1 aliphatic rings. The number of nitrogens with zero attached hydrogens (tertiary/aromatic N) is 1. The van der Waals surface area contributed by atoms with Crippen LogP contribution >= 0.6 is 11.6 Å². The molecule has 0 aliphatic carbocycles. The van der Waals surface area contributed by atoms with E-state index in [1.165, 1.54) is 12.1 Å². The van der Waals surface area contributed by atoms with Gasteiger partial charge in [-0.1, -0.05) is 48.0 Å². The predicted molar refractivity (Wildman–Crippen MR) is 134 cm³/mol. The number of likely N-dealkylation sites (tertiary alicyclic amines) is 1. The molecule has 1 unspecified atom stereocenters. The average Bonchev–Trinajstić information content (AvgIpc) is 2.82. The molecule has 0 aromatic heterocycles. The molecule has 1 aliphatic heterocycles. The van der Waals surface area contributed by atoms with Crippen LogP contribution in [0.4, 0.5) is 0 Å². The summed E-state index contributed by atoms with van der Waals surface area (Å²) in [5.74, 6) is -1.47. The number of nitrogen functional groups attached to an aromatic ring is 1. The highest BCUT2D eigenvalue weighted by atomic mass is 35.5. The van der Waals surface area contributed by atoms with E-state index < -0.39 is 23.3 Å². The van der Waals surface area contributed by atoms with Crippen LogP contribution in [0, 0.1) is 16.7 Å². The van der Waals surface area contributed by atoms with Crippen LogP contribution < -0.4 is 11.1 Å². The smallest absolute Gasteiger partial charge is 0.303 e. The number of amidine groups is 1. The van der Waals surface area contributed by atoms with Crippen LogP contribution in [0.1, 0.15) is 60.6 Å². The van der Waals surface area contributed by atoms with Crippen LogP contribution in [0.3, 0.4) is 0 Å². The second kappa shape index (κ2) is 10.9. The Kier molecular flexibility index (Phi) is 8.17. The van der Waals surface area contributed by atoms with Gasteiger partial charge in [0.05, 0.1) is 22.0 Å². The van der Waals surface area contributed by atoms with Crippen molar-refractivity contribution in [3.63, 3.8) is 0 Å². The van der Waals surface area contributed by atoms with Gasteiger partial charge in [0.1, 0.15) is 5.84 Å². The lowest BCUT2D eigenvalue weighted by Crippen LogP contribution is -2.51. The van der Waals surface area contributed by atoms with Crippen LogP contribution in [0.25, 0.3) is 0 Å². The van der Waals surface area contributed by atoms with Crippen molar-refractivity contribution in [1.29, 1.82) is 5.41 Å². The molecule has 0 spiro atoms. The Bertz CT molecular complexity index is 1110. The minimum absolute atomic E-state index is 0.0596. The number of carbonyl (C=O) groups is 3. The van der Waals surface area contributed by atoms with Gasteiger partial charge in [-0.25, -0.2) is 0 Å². The van der Waals surface area contributed by atoms with Gasteiger partial charge in [0, 0.05) is 25.1 Å². The highest BCUT2D eigenvalue weighted by Gasteiger charge is 2.42. The van der Waals surface area contributed by atoms with Crippen molar-refractivity contribution in [1.82, 2.24) is 10.2 Å². The van der Waals surface area contributed by atoms with Crippen molar-refractivity contribution in [2.75, 3.05) is 13.1 Å². The average molecular weight is 499 g/mol. The Morgan fingerprint density at radius 2 is 1.80 bits per heavy atom. The molecule has 9 heteroatoms. The largest absolute Gasteiger partial charge is 0.481 e. The monoisotopic (exact) mass is 498 g/mol. The van der Waals surface area contributed by atoms with Gasteiger partial charge in [-0.15, -0.1) is 0 Å². The highest BCUT2D eigenvalue weighted by molar-refractivity contribution is 6.34. The maximum absolute atomic E-state index is 13.7. The molecule has 186 valence electrons. The third-order valence-corrected chi connectivity index (χ3v) is 6.88. The first-order valence-electron chi connectivity index (χ1n) is 11.5. The van der Waals surface area contributed by atoms with Crippen molar-refractivity contribution in [3.8, 4) is 0 Å². The molecule has 0 bridgehead atoms. The van der Waals surface area contributed by atoms with Gasteiger partial charge in [0.25, 0.3) is 5.91 Å². The summed E-state index contributed by atoms with van der Waals surface area (Å²) < 4.78 is 0. The number of nitrogens with two attached hydrogens (primary N) is 1. The van der Waals surface area contributed by atoms with Gasteiger partial charge in [-0.2, -0.15) is 0 Å². The van der Waals surface area contributed by atoms with Crippen LogP contribution in [-0.4, -0.2) is 46.7 Å². The maximum Gasteiger partial charge on any atom is 0.303 e. The number of benzene rings is 2. The van der Waals surface area contributed by atoms with Crippen molar-refractivity contribution in [2.24, 2.45) is 17.1 Å². The number of carboxylic acid groups (broad SMARTS) is 1. The van der Waals surface area contributed by atoms with Crippen LogP contribution in [0.2, 0.25) is 5.02 Å². The van der Waals surface area contributed by atoms with E-state index in [-0.39, 0.29) is 34.7 Å². The van der Waals surface area contributed by atoms with Crippen LogP contribution in [0.15, 0.2) is 48.5 Å². The molecule has 5 N–H and O–H groups in total. The number of carbonyl (C=O) groups excluding carboxylic acids is 2. The normalized spacial score (nSPS) is 15.3. The zero-order valence-corrected chi connectivity index (χ0v) is 20.6. The first-order chi connectivity index (χ1) is 16.5. The lowest BCUT2D eigenvalue weighted by molar-refractivity contribution is -0.144. The number of rotatable bonds is 8. The fourth-order valence-electron chi connectivity index (χ4n) is 4.52. The van der Waals surface area contributed by atoms with Crippen LogP contribution in [0.5, 0.6) is 0 Å². The second-order valence-electron chi connectivity index (χ2n) is 9.48. The number of halogens is 1. The van der Waals surface area contributed by atoms with Gasteiger partial charge in [-0.05, 0) is 50.3 Å². The summed E-state index contributed by atoms with van der Waals surface area (Å²) >= 11 is 6.32. The Morgan fingerprint density at radius 3 is 2.34 bits per heavy atom. The fourth-order valence-corrected chi connectivity index (χ4v) is 4.79. The van der Waals surface area contributed by atoms with Crippen LogP contribution in [-0.2, 0) is 9.59 Å². The molecular weight excluding hydrogens is 468 g/mol. The van der Waals surface area contributed by atoms with E-state index in [9.17, 15) is 14.4 Å². The molecule has 3 rings (SSSR count). The molecule has 1 heterocycles. The molecule has 2 aromatic carbocycles. The minimum Gasteiger partial charge on any atom is -0.481 e. The van der Waals surface area contributed by atoms with Gasteiger partial charge in [-0.3, -0.25) is 19.8 Å². The summed E-state index contributed by atoms with van der Waals surface area (Å²) in [6.07, 6.45) is 1.38. The molecule has 0 saturated carbocycles. The third kappa shape index (κ3) is 6.19. The first-order valence-corrected chi connectivity index (χ1v) is 11.9. The zero-order valence-electron chi connectivity index (χ0n) is 19.9. The Morgan fingerprint density at radius 1 is 1.17 bits per heavy atom. The summed E-state index contributed by atoms with van der Waals surface area (Å²) in [6, 6.07) is 13.2. The summed E-state index contributed by atoms with van der Waals surface area (Å²) in [5.41, 5.74) is 5.92. The van der Waals surface area contributed by atoms with Gasteiger partial charge in [0.2, 0.25) is 5.91 Å². The quantitative estimate of drug-likeness (QED) is 0.324. The van der Waals surface area contributed by atoms with E-state index in [0.29, 0.717) is 31.5 Å². The third-order valence-electron chi connectivity index (χ3n) is 6.57. The number of amides is 2. The molecule has 0 radical (unpaired) electrons. The molecule has 1 fully saturated rings. The predicted octanol–water partition coefficient (Wildman–Crippen LogP) is 3.83. The lowest BCUT2D eigenvalue weighted by Gasteiger charge is -2.40. The summed E-state index contributed by atoms with van der Waals surface area (Å²) in [5, 5.41) is 19.8. The van der Waals surface area contributed by atoms with Crippen molar-refractivity contribution in [3.05, 3.63) is 70.2 Å². The van der Waals surface area contributed by atoms with E-state index in [2.05, 4.69) is 5.32 Å². The maximum atomic E-state index is 13.7. The van der Waals surface area contributed by atoms with Gasteiger partial charge < -0.3 is 21.1 Å². The zero-order chi connectivity index (χ0) is 25.8. The number of aliphatic carboxylic acids is 1. The minimum atomic E-state index is -0.998. The summed E-state index contributed by atoms with van der Waals surface area (Å²) in [7, 11) is 0. The van der Waals surface area contributed by atoms with E-state index >= 15 is 0 Å². The Labute approximate surface area is 210 Å². The Balaban J connectivity index is 1.84. The summed E-state index contributed by atoms with van der Waals surface area (Å²) in [4.78, 5) is 39.7. The fraction of sp³-hybridized carbons (Fsp3) is 0.385. The number of hydrogen-bond acceptors (Lipinski definition) is 4. The molecule has 8 nitrogen and oxygen atoms in total. The molecule has 1 atom stereocenters. The SMILES string of the molecule is CC(C)(C(=O)N1CCC(CC(=O)O)CC1)C(NC(=O)c1ccc(C(=N)N)cc1Cl)c1ccccc1. The number of nitrogens with one attached hydrogen (secondary N) is 2. The van der Waals surface area contributed by atoms with Gasteiger partial charge >= 0.3 is 5.97 Å².